The molecule has 0 atom stereocenters. The predicted octanol–water partition coefficient (Wildman–Crippen LogP) is 4.09. The number of phenolic OH excluding ortho intramolecular Hbond substituents is 1. The van der Waals surface area contributed by atoms with Crippen molar-refractivity contribution in [1.29, 1.82) is 0 Å². The normalized spacial score (nSPS) is 9.74. The molecule has 0 spiro atoms. The number of methoxy groups -OCH3 is 2. The second kappa shape index (κ2) is 12.7. The van der Waals surface area contributed by atoms with E-state index in [1.165, 1.54) is 26.4 Å². The molecular formula is C25H26O6. The molecule has 6 heteroatoms. The van der Waals surface area contributed by atoms with Crippen LogP contribution in [0, 0.1) is 0 Å². The maximum atomic E-state index is 11.1. The topological polar surface area (TPSA) is 82.1 Å². The van der Waals surface area contributed by atoms with Crippen LogP contribution in [0.5, 0.6) is 11.5 Å². The Balaban J connectivity index is 0.000000245. The van der Waals surface area contributed by atoms with Crippen molar-refractivity contribution < 1.29 is 28.9 Å². The molecule has 3 aromatic carbocycles. The summed E-state index contributed by atoms with van der Waals surface area (Å²) in [4.78, 5) is 21.9. The number of carbonyl (C=O) groups excluding carboxylic acids is 2. The van der Waals surface area contributed by atoms with E-state index >= 15 is 0 Å². The number of esters is 2. The van der Waals surface area contributed by atoms with Crippen LogP contribution in [0.15, 0.2) is 78.9 Å². The first-order valence-corrected chi connectivity index (χ1v) is 9.67. The fourth-order valence-electron chi connectivity index (χ4n) is 2.54. The van der Waals surface area contributed by atoms with Crippen LogP contribution in [0.2, 0.25) is 0 Å². The fraction of sp³-hybridized carbons (Fsp3) is 0.200. The minimum absolute atomic E-state index is 0.198. The molecule has 0 unspecified atom stereocenters. The van der Waals surface area contributed by atoms with E-state index in [1.54, 1.807) is 12.1 Å². The zero-order valence-electron chi connectivity index (χ0n) is 17.6. The Morgan fingerprint density at radius 1 is 0.677 bits per heavy atom. The lowest BCUT2D eigenvalue weighted by Crippen LogP contribution is -2.04. The van der Waals surface area contributed by atoms with Gasteiger partial charge in [0.1, 0.15) is 18.1 Å². The molecule has 0 aliphatic carbocycles. The molecule has 1 N–H and O–H groups in total. The molecule has 0 fully saturated rings. The molecule has 0 heterocycles. The first-order valence-electron chi connectivity index (χ1n) is 9.67. The molecule has 0 saturated heterocycles. The van der Waals surface area contributed by atoms with E-state index in [2.05, 4.69) is 9.47 Å². The van der Waals surface area contributed by atoms with Crippen molar-refractivity contribution >= 4 is 11.9 Å². The van der Waals surface area contributed by atoms with E-state index in [-0.39, 0.29) is 30.5 Å². The molecule has 0 bridgehead atoms. The molecular weight excluding hydrogens is 396 g/mol. The number of rotatable bonds is 7. The first kappa shape index (κ1) is 23.5. The van der Waals surface area contributed by atoms with Gasteiger partial charge in [-0.1, -0.05) is 54.6 Å². The van der Waals surface area contributed by atoms with Gasteiger partial charge >= 0.3 is 11.9 Å². The number of carbonyl (C=O) groups is 2. The van der Waals surface area contributed by atoms with Gasteiger partial charge in [0.25, 0.3) is 0 Å². The van der Waals surface area contributed by atoms with Crippen LogP contribution in [0.25, 0.3) is 0 Å². The summed E-state index contributed by atoms with van der Waals surface area (Å²) in [5.41, 5.74) is 2.87. The smallest absolute Gasteiger partial charge is 0.309 e. The molecule has 6 nitrogen and oxygen atoms in total. The van der Waals surface area contributed by atoms with Crippen LogP contribution in [0.4, 0.5) is 0 Å². The summed E-state index contributed by atoms with van der Waals surface area (Å²) in [6.45, 7) is 0.539. The first-order chi connectivity index (χ1) is 15.0. The second-order valence-corrected chi connectivity index (χ2v) is 6.59. The molecule has 162 valence electrons. The van der Waals surface area contributed by atoms with Gasteiger partial charge in [0.15, 0.2) is 0 Å². The third kappa shape index (κ3) is 9.04. The van der Waals surface area contributed by atoms with Crippen LogP contribution in [-0.2, 0) is 38.5 Å². The lowest BCUT2D eigenvalue weighted by atomic mass is 10.1. The number of aromatic hydroxyl groups is 1. The molecule has 0 amide bonds. The maximum absolute atomic E-state index is 11.1. The van der Waals surface area contributed by atoms with E-state index in [4.69, 9.17) is 9.84 Å². The highest BCUT2D eigenvalue weighted by molar-refractivity contribution is 5.72. The minimum Gasteiger partial charge on any atom is -0.508 e. The standard InChI is InChI=1S/C16H16O3.C9H10O3/c1-18-16(17)11-13-7-9-15(10-8-13)19-12-14-5-3-2-4-6-14;1-12-9(11)6-7-2-4-8(10)5-3-7/h2-10H,11-12H2,1H3;2-5,10H,6H2,1H3. The predicted molar refractivity (Wildman–Crippen MR) is 117 cm³/mol. The summed E-state index contributed by atoms with van der Waals surface area (Å²) in [6.07, 6.45) is 0.534. The van der Waals surface area contributed by atoms with Crippen LogP contribution < -0.4 is 4.74 Å². The quantitative estimate of drug-likeness (QED) is 0.578. The van der Waals surface area contributed by atoms with Crippen molar-refractivity contribution in [1.82, 2.24) is 0 Å². The van der Waals surface area contributed by atoms with E-state index in [1.807, 2.05) is 54.6 Å². The average Bonchev–Trinajstić information content (AvgIpc) is 2.81. The Hall–Kier alpha value is -3.80. The van der Waals surface area contributed by atoms with Gasteiger partial charge in [0.2, 0.25) is 0 Å². The zero-order valence-corrected chi connectivity index (χ0v) is 17.6. The van der Waals surface area contributed by atoms with Crippen LogP contribution in [0.3, 0.4) is 0 Å². The third-order valence-corrected chi connectivity index (χ3v) is 4.26. The van der Waals surface area contributed by atoms with Gasteiger partial charge in [-0.25, -0.2) is 0 Å². The van der Waals surface area contributed by atoms with Crippen molar-refractivity contribution in [2.24, 2.45) is 0 Å². The molecule has 0 radical (unpaired) electrons. The van der Waals surface area contributed by atoms with Crippen molar-refractivity contribution in [3.8, 4) is 11.5 Å². The SMILES string of the molecule is COC(=O)Cc1ccc(O)cc1.COC(=O)Cc1ccc(OCc2ccccc2)cc1. The summed E-state index contributed by atoms with van der Waals surface area (Å²) in [5, 5.41) is 8.93. The maximum Gasteiger partial charge on any atom is 0.309 e. The lowest BCUT2D eigenvalue weighted by Gasteiger charge is -2.07. The number of hydrogen-bond acceptors (Lipinski definition) is 6. The van der Waals surface area contributed by atoms with Gasteiger partial charge in [0.05, 0.1) is 27.1 Å². The van der Waals surface area contributed by atoms with Crippen molar-refractivity contribution in [2.75, 3.05) is 14.2 Å². The number of hydrogen-bond donors (Lipinski definition) is 1. The molecule has 0 aromatic heterocycles. The van der Waals surface area contributed by atoms with E-state index < -0.39 is 0 Å². The fourth-order valence-corrected chi connectivity index (χ4v) is 2.54. The zero-order chi connectivity index (χ0) is 22.5. The van der Waals surface area contributed by atoms with E-state index in [0.29, 0.717) is 6.61 Å². The van der Waals surface area contributed by atoms with Gasteiger partial charge < -0.3 is 19.3 Å². The molecule has 0 saturated carbocycles. The van der Waals surface area contributed by atoms with E-state index in [0.717, 1.165) is 22.4 Å². The summed E-state index contributed by atoms with van der Waals surface area (Å²) >= 11 is 0. The minimum atomic E-state index is -0.277. The monoisotopic (exact) mass is 422 g/mol. The third-order valence-electron chi connectivity index (χ3n) is 4.26. The molecule has 3 rings (SSSR count). The number of benzene rings is 3. The second-order valence-electron chi connectivity index (χ2n) is 6.59. The van der Waals surface area contributed by atoms with Gasteiger partial charge in [-0.15, -0.1) is 0 Å². The Bertz CT molecular complexity index is 934. The highest BCUT2D eigenvalue weighted by atomic mass is 16.5. The number of phenols is 1. The van der Waals surface area contributed by atoms with Crippen LogP contribution in [0.1, 0.15) is 16.7 Å². The van der Waals surface area contributed by atoms with Gasteiger partial charge in [-0.2, -0.15) is 0 Å². The summed E-state index contributed by atoms with van der Waals surface area (Å²) in [6, 6.07) is 23.9. The summed E-state index contributed by atoms with van der Waals surface area (Å²) < 4.78 is 14.8. The highest BCUT2D eigenvalue weighted by Crippen LogP contribution is 2.15. The molecule has 31 heavy (non-hydrogen) atoms. The lowest BCUT2D eigenvalue weighted by molar-refractivity contribution is -0.140. The Labute approximate surface area is 182 Å². The Morgan fingerprint density at radius 3 is 1.65 bits per heavy atom. The molecule has 0 aliphatic rings. The van der Waals surface area contributed by atoms with E-state index in [9.17, 15) is 9.59 Å². The van der Waals surface area contributed by atoms with Gasteiger partial charge in [-0.05, 0) is 41.0 Å². The Kier molecular flexibility index (Phi) is 9.62. The van der Waals surface area contributed by atoms with Crippen molar-refractivity contribution in [3.63, 3.8) is 0 Å². The van der Waals surface area contributed by atoms with Crippen LogP contribution >= 0.6 is 0 Å². The molecule has 3 aromatic rings. The van der Waals surface area contributed by atoms with Crippen LogP contribution in [-0.4, -0.2) is 31.3 Å². The average molecular weight is 422 g/mol. The summed E-state index contributed by atoms with van der Waals surface area (Å²) in [5.74, 6) is 0.472. The Morgan fingerprint density at radius 2 is 1.16 bits per heavy atom. The summed E-state index contributed by atoms with van der Waals surface area (Å²) in [7, 11) is 2.74. The van der Waals surface area contributed by atoms with Crippen molar-refractivity contribution in [2.45, 2.75) is 19.4 Å². The molecule has 0 aliphatic heterocycles. The van der Waals surface area contributed by atoms with Gasteiger partial charge in [0, 0.05) is 0 Å². The van der Waals surface area contributed by atoms with Gasteiger partial charge in [-0.3, -0.25) is 9.59 Å². The number of ether oxygens (including phenoxy) is 3. The van der Waals surface area contributed by atoms with Crippen molar-refractivity contribution in [3.05, 3.63) is 95.6 Å². The highest BCUT2D eigenvalue weighted by Gasteiger charge is 2.03. The largest absolute Gasteiger partial charge is 0.508 e.